The van der Waals surface area contributed by atoms with Gasteiger partial charge in [-0.2, -0.15) is 5.26 Å². The molecule has 0 heterocycles. The molecule has 0 saturated heterocycles. The third kappa shape index (κ3) is 4.82. The number of carbonyl (C=O) groups is 1. The van der Waals surface area contributed by atoms with Crippen molar-refractivity contribution in [3.05, 3.63) is 64.2 Å². The second-order valence-corrected chi connectivity index (χ2v) is 6.34. The summed E-state index contributed by atoms with van der Waals surface area (Å²) in [6, 6.07) is 15.1. The third-order valence-electron chi connectivity index (χ3n) is 4.36. The number of anilines is 1. The van der Waals surface area contributed by atoms with Crippen molar-refractivity contribution in [2.45, 2.75) is 26.8 Å². The summed E-state index contributed by atoms with van der Waals surface area (Å²) < 4.78 is 0. The highest BCUT2D eigenvalue weighted by Crippen LogP contribution is 2.24. The zero-order chi connectivity index (χ0) is 18.4. The molecule has 0 fully saturated rings. The van der Waals surface area contributed by atoms with Crippen LogP contribution >= 0.6 is 11.6 Å². The Morgan fingerprint density at radius 1 is 1.28 bits per heavy atom. The molecule has 1 unspecified atom stereocenters. The van der Waals surface area contributed by atoms with Crippen LogP contribution in [0.3, 0.4) is 0 Å². The Bertz CT molecular complexity index is 781. The number of amides is 1. The summed E-state index contributed by atoms with van der Waals surface area (Å²) in [5.74, 6) is -0.0762. The predicted octanol–water partition coefficient (Wildman–Crippen LogP) is 4.54. The first-order valence-electron chi connectivity index (χ1n) is 8.25. The normalized spacial score (nSPS) is 11.8. The maximum absolute atomic E-state index is 12.4. The van der Waals surface area contributed by atoms with Crippen molar-refractivity contribution in [2.24, 2.45) is 0 Å². The Kier molecular flexibility index (Phi) is 6.58. The van der Waals surface area contributed by atoms with E-state index in [1.807, 2.05) is 38.1 Å². The number of benzene rings is 2. The van der Waals surface area contributed by atoms with Crippen LogP contribution in [0.2, 0.25) is 5.02 Å². The molecule has 0 saturated carbocycles. The van der Waals surface area contributed by atoms with Crippen LogP contribution in [0.1, 0.15) is 36.6 Å². The fourth-order valence-electron chi connectivity index (χ4n) is 2.69. The van der Waals surface area contributed by atoms with Gasteiger partial charge in [-0.05, 0) is 55.8 Å². The van der Waals surface area contributed by atoms with E-state index in [0.29, 0.717) is 10.6 Å². The highest BCUT2D eigenvalue weighted by Gasteiger charge is 2.18. The average Bonchev–Trinajstić information content (AvgIpc) is 2.63. The van der Waals surface area contributed by atoms with Crippen molar-refractivity contribution in [3.63, 3.8) is 0 Å². The van der Waals surface area contributed by atoms with Gasteiger partial charge in [-0.25, -0.2) is 0 Å². The Morgan fingerprint density at radius 2 is 1.96 bits per heavy atom. The zero-order valence-electron chi connectivity index (χ0n) is 14.7. The van der Waals surface area contributed by atoms with Gasteiger partial charge in [0.2, 0.25) is 5.91 Å². The minimum atomic E-state index is -0.0762. The van der Waals surface area contributed by atoms with Crippen LogP contribution < -0.4 is 5.32 Å². The molecule has 0 aliphatic heterocycles. The smallest absolute Gasteiger partial charge is 0.238 e. The largest absolute Gasteiger partial charge is 0.325 e. The molecule has 0 aliphatic rings. The standard InChI is InChI=1S/C20H22ClN3O/c1-4-24(15(3)17-10-8-16(12-22)9-11-17)13-20(25)23-19-7-5-6-18(21)14(19)2/h5-11,15H,4,13H2,1-3H3,(H,23,25). The van der Waals surface area contributed by atoms with E-state index < -0.39 is 0 Å². The molecule has 1 atom stereocenters. The van der Waals surface area contributed by atoms with Gasteiger partial charge >= 0.3 is 0 Å². The van der Waals surface area contributed by atoms with E-state index in [1.54, 1.807) is 18.2 Å². The monoisotopic (exact) mass is 355 g/mol. The van der Waals surface area contributed by atoms with Crippen LogP contribution in [-0.2, 0) is 4.79 Å². The molecule has 0 radical (unpaired) electrons. The number of nitrogens with zero attached hydrogens (tertiary/aromatic N) is 2. The first kappa shape index (κ1) is 19.0. The van der Waals surface area contributed by atoms with E-state index in [0.717, 1.165) is 23.4 Å². The van der Waals surface area contributed by atoms with Crippen molar-refractivity contribution in [1.29, 1.82) is 5.26 Å². The Hall–Kier alpha value is -2.35. The maximum atomic E-state index is 12.4. The maximum Gasteiger partial charge on any atom is 0.238 e. The summed E-state index contributed by atoms with van der Waals surface area (Å²) in [7, 11) is 0. The van der Waals surface area contributed by atoms with Crippen LogP contribution in [0.25, 0.3) is 0 Å². The second kappa shape index (κ2) is 8.66. The lowest BCUT2D eigenvalue weighted by Gasteiger charge is -2.27. The number of rotatable bonds is 6. The fraction of sp³-hybridized carbons (Fsp3) is 0.300. The lowest BCUT2D eigenvalue weighted by Crippen LogP contribution is -2.35. The Balaban J connectivity index is 2.06. The van der Waals surface area contributed by atoms with Crippen molar-refractivity contribution in [1.82, 2.24) is 4.90 Å². The summed E-state index contributed by atoms with van der Waals surface area (Å²) >= 11 is 6.10. The molecule has 0 spiro atoms. The summed E-state index contributed by atoms with van der Waals surface area (Å²) in [6.45, 7) is 6.99. The molecule has 130 valence electrons. The van der Waals surface area contributed by atoms with E-state index in [2.05, 4.69) is 23.2 Å². The number of nitriles is 1. The van der Waals surface area contributed by atoms with E-state index in [1.165, 1.54) is 0 Å². The number of nitrogens with one attached hydrogen (secondary N) is 1. The molecule has 1 amide bonds. The van der Waals surface area contributed by atoms with Crippen molar-refractivity contribution in [2.75, 3.05) is 18.4 Å². The number of likely N-dealkylation sites (N-methyl/N-ethyl adjacent to an activating group) is 1. The van der Waals surface area contributed by atoms with Gasteiger partial charge in [0.15, 0.2) is 0 Å². The number of carbonyl (C=O) groups excluding carboxylic acids is 1. The van der Waals surface area contributed by atoms with Gasteiger partial charge in [0.25, 0.3) is 0 Å². The fourth-order valence-corrected chi connectivity index (χ4v) is 2.86. The highest BCUT2D eigenvalue weighted by atomic mass is 35.5. The van der Waals surface area contributed by atoms with E-state index in [4.69, 9.17) is 16.9 Å². The molecule has 25 heavy (non-hydrogen) atoms. The third-order valence-corrected chi connectivity index (χ3v) is 4.77. The lowest BCUT2D eigenvalue weighted by atomic mass is 10.0. The Labute approximate surface area is 154 Å². The van der Waals surface area contributed by atoms with Crippen LogP contribution in [0.4, 0.5) is 5.69 Å². The number of hydrogen-bond donors (Lipinski definition) is 1. The van der Waals surface area contributed by atoms with Crippen LogP contribution in [0.15, 0.2) is 42.5 Å². The van der Waals surface area contributed by atoms with Crippen LogP contribution in [0, 0.1) is 18.3 Å². The molecule has 2 aromatic rings. The topological polar surface area (TPSA) is 56.1 Å². The van der Waals surface area contributed by atoms with E-state index in [-0.39, 0.29) is 18.5 Å². The van der Waals surface area contributed by atoms with Gasteiger partial charge < -0.3 is 5.32 Å². The highest BCUT2D eigenvalue weighted by molar-refractivity contribution is 6.31. The molecule has 0 aliphatic carbocycles. The minimum absolute atomic E-state index is 0.0731. The van der Waals surface area contributed by atoms with Gasteiger partial charge in [-0.1, -0.05) is 36.7 Å². The molecule has 2 aromatic carbocycles. The summed E-state index contributed by atoms with van der Waals surface area (Å²) in [5.41, 5.74) is 3.31. The molecule has 5 heteroatoms. The van der Waals surface area contributed by atoms with Gasteiger partial charge in [0, 0.05) is 16.8 Å². The number of hydrogen-bond acceptors (Lipinski definition) is 3. The minimum Gasteiger partial charge on any atom is -0.325 e. The molecule has 2 rings (SSSR count). The van der Waals surface area contributed by atoms with Gasteiger partial charge in [-0.15, -0.1) is 0 Å². The van der Waals surface area contributed by atoms with Crippen LogP contribution in [-0.4, -0.2) is 23.9 Å². The molecular weight excluding hydrogens is 334 g/mol. The van der Waals surface area contributed by atoms with Gasteiger partial charge in [0.1, 0.15) is 0 Å². The summed E-state index contributed by atoms with van der Waals surface area (Å²) in [4.78, 5) is 14.5. The first-order valence-corrected chi connectivity index (χ1v) is 8.63. The molecule has 0 bridgehead atoms. The summed E-state index contributed by atoms with van der Waals surface area (Å²) in [5, 5.41) is 12.5. The molecule has 0 aromatic heterocycles. The van der Waals surface area contributed by atoms with Crippen molar-refractivity contribution >= 4 is 23.2 Å². The quantitative estimate of drug-likeness (QED) is 0.827. The molecule has 1 N–H and O–H groups in total. The Morgan fingerprint density at radius 3 is 2.56 bits per heavy atom. The zero-order valence-corrected chi connectivity index (χ0v) is 15.5. The van der Waals surface area contributed by atoms with Crippen molar-refractivity contribution < 1.29 is 4.79 Å². The first-order chi connectivity index (χ1) is 12.0. The molecular formula is C20H22ClN3O. The predicted molar refractivity (Wildman–Crippen MR) is 102 cm³/mol. The van der Waals surface area contributed by atoms with Crippen LogP contribution in [0.5, 0.6) is 0 Å². The lowest BCUT2D eigenvalue weighted by molar-refractivity contribution is -0.117. The van der Waals surface area contributed by atoms with E-state index in [9.17, 15) is 4.79 Å². The second-order valence-electron chi connectivity index (χ2n) is 5.93. The average molecular weight is 356 g/mol. The van der Waals surface area contributed by atoms with Crippen molar-refractivity contribution in [3.8, 4) is 6.07 Å². The van der Waals surface area contributed by atoms with Gasteiger partial charge in [-0.3, -0.25) is 9.69 Å². The number of halogens is 1. The molecule has 4 nitrogen and oxygen atoms in total. The SMILES string of the molecule is CCN(CC(=O)Nc1cccc(Cl)c1C)C(C)c1ccc(C#N)cc1. The van der Waals surface area contributed by atoms with E-state index >= 15 is 0 Å². The van der Waals surface area contributed by atoms with Gasteiger partial charge in [0.05, 0.1) is 18.2 Å². The summed E-state index contributed by atoms with van der Waals surface area (Å²) in [6.07, 6.45) is 0.